The molecule has 148 valence electrons. The molecule has 0 saturated heterocycles. The molecule has 0 unspecified atom stereocenters. The highest BCUT2D eigenvalue weighted by atomic mass is 32.2. The summed E-state index contributed by atoms with van der Waals surface area (Å²) >= 11 is 0. The Morgan fingerprint density at radius 1 is 0.929 bits per heavy atom. The van der Waals surface area contributed by atoms with Crippen molar-refractivity contribution in [1.82, 2.24) is 4.72 Å². The highest BCUT2D eigenvalue weighted by molar-refractivity contribution is 7.89. The van der Waals surface area contributed by atoms with E-state index in [1.807, 2.05) is 18.2 Å². The number of carbonyl (C=O) groups excluding carboxylic acids is 2. The number of amides is 2. The molecule has 0 fully saturated rings. The number of rotatable bonds is 6. The minimum atomic E-state index is -3.88. The largest absolute Gasteiger partial charge is 0.326 e. The normalized spacial score (nSPS) is 14.2. The van der Waals surface area contributed by atoms with Crippen LogP contribution in [-0.2, 0) is 32.5 Å². The van der Waals surface area contributed by atoms with E-state index < -0.39 is 22.0 Å². The molecule has 2 aromatic rings. The molecule has 8 heteroatoms. The SMILES string of the molecule is CC(=O)Nc1ccc(S(=O)(=O)N[C@@H](C)C(=O)Nc2ccc3c(c2)CCC3)cc1. The summed E-state index contributed by atoms with van der Waals surface area (Å²) in [5.74, 6) is -0.679. The second-order valence-electron chi connectivity index (χ2n) is 6.87. The zero-order chi connectivity index (χ0) is 20.3. The first-order chi connectivity index (χ1) is 13.2. The summed E-state index contributed by atoms with van der Waals surface area (Å²) in [5.41, 5.74) is 3.69. The molecule has 0 aliphatic heterocycles. The summed E-state index contributed by atoms with van der Waals surface area (Å²) in [6.45, 7) is 2.86. The van der Waals surface area contributed by atoms with Crippen LogP contribution in [0.3, 0.4) is 0 Å². The first-order valence-corrected chi connectivity index (χ1v) is 10.6. The van der Waals surface area contributed by atoms with Gasteiger partial charge in [0.2, 0.25) is 21.8 Å². The van der Waals surface area contributed by atoms with E-state index >= 15 is 0 Å². The molecule has 0 radical (unpaired) electrons. The van der Waals surface area contributed by atoms with Crippen molar-refractivity contribution in [3.05, 3.63) is 53.6 Å². The van der Waals surface area contributed by atoms with Gasteiger partial charge >= 0.3 is 0 Å². The van der Waals surface area contributed by atoms with Gasteiger partial charge in [0.05, 0.1) is 10.9 Å². The van der Waals surface area contributed by atoms with Crippen LogP contribution in [0.1, 0.15) is 31.4 Å². The van der Waals surface area contributed by atoms with Gasteiger partial charge in [-0.05, 0) is 73.7 Å². The van der Waals surface area contributed by atoms with E-state index in [1.165, 1.54) is 49.2 Å². The molecule has 0 aromatic heterocycles. The van der Waals surface area contributed by atoms with Gasteiger partial charge in [-0.25, -0.2) is 8.42 Å². The van der Waals surface area contributed by atoms with Crippen molar-refractivity contribution in [2.75, 3.05) is 10.6 Å². The number of carbonyl (C=O) groups is 2. The standard InChI is InChI=1S/C20H23N3O4S/c1-13(20(25)22-18-7-6-15-4-3-5-16(15)12-18)23-28(26,27)19-10-8-17(9-11-19)21-14(2)24/h6-13,23H,3-5H2,1-2H3,(H,21,24)(H,22,25)/t13-/m0/s1. The number of nitrogens with one attached hydrogen (secondary N) is 3. The maximum Gasteiger partial charge on any atom is 0.242 e. The monoisotopic (exact) mass is 401 g/mol. The number of anilines is 2. The maximum absolute atomic E-state index is 12.5. The molecule has 3 rings (SSSR count). The third kappa shape index (κ3) is 4.76. The van der Waals surface area contributed by atoms with Crippen LogP contribution in [0.15, 0.2) is 47.4 Å². The van der Waals surface area contributed by atoms with Crippen molar-refractivity contribution >= 4 is 33.2 Å². The lowest BCUT2D eigenvalue weighted by atomic mass is 10.1. The predicted octanol–water partition coefficient (Wildman–Crippen LogP) is 2.44. The third-order valence-electron chi connectivity index (χ3n) is 4.58. The Labute approximate surface area is 164 Å². The van der Waals surface area contributed by atoms with Gasteiger partial charge in [0.25, 0.3) is 0 Å². The molecule has 2 amide bonds. The van der Waals surface area contributed by atoms with Crippen LogP contribution in [-0.4, -0.2) is 26.3 Å². The van der Waals surface area contributed by atoms with Crippen LogP contribution in [0.4, 0.5) is 11.4 Å². The van der Waals surface area contributed by atoms with E-state index in [-0.39, 0.29) is 10.8 Å². The van der Waals surface area contributed by atoms with Gasteiger partial charge in [0.1, 0.15) is 0 Å². The summed E-state index contributed by atoms with van der Waals surface area (Å²) in [4.78, 5) is 23.5. The Kier molecular flexibility index (Phi) is 5.81. The van der Waals surface area contributed by atoms with Crippen molar-refractivity contribution in [2.24, 2.45) is 0 Å². The van der Waals surface area contributed by atoms with Crippen LogP contribution >= 0.6 is 0 Å². The molecular weight excluding hydrogens is 378 g/mol. The van der Waals surface area contributed by atoms with E-state index in [0.717, 1.165) is 19.3 Å². The lowest BCUT2D eigenvalue weighted by Crippen LogP contribution is -2.41. The quantitative estimate of drug-likeness (QED) is 0.691. The highest BCUT2D eigenvalue weighted by Crippen LogP contribution is 2.25. The number of hydrogen-bond donors (Lipinski definition) is 3. The highest BCUT2D eigenvalue weighted by Gasteiger charge is 2.22. The van der Waals surface area contributed by atoms with Gasteiger partial charge in [-0.1, -0.05) is 6.07 Å². The van der Waals surface area contributed by atoms with Gasteiger partial charge in [-0.2, -0.15) is 4.72 Å². The Morgan fingerprint density at radius 2 is 1.57 bits per heavy atom. The van der Waals surface area contributed by atoms with Crippen LogP contribution in [0, 0.1) is 0 Å². The molecule has 1 aliphatic rings. The Hall–Kier alpha value is -2.71. The van der Waals surface area contributed by atoms with E-state index in [1.54, 1.807) is 0 Å². The molecular formula is C20H23N3O4S. The lowest BCUT2D eigenvalue weighted by molar-refractivity contribution is -0.117. The van der Waals surface area contributed by atoms with Crippen molar-refractivity contribution < 1.29 is 18.0 Å². The summed E-state index contributed by atoms with van der Waals surface area (Å²) < 4.78 is 27.4. The van der Waals surface area contributed by atoms with E-state index in [2.05, 4.69) is 15.4 Å². The Balaban J connectivity index is 1.64. The summed E-state index contributed by atoms with van der Waals surface area (Å²) in [6.07, 6.45) is 3.17. The fourth-order valence-corrected chi connectivity index (χ4v) is 4.38. The fourth-order valence-electron chi connectivity index (χ4n) is 3.18. The van der Waals surface area contributed by atoms with Gasteiger partial charge < -0.3 is 10.6 Å². The smallest absolute Gasteiger partial charge is 0.242 e. The lowest BCUT2D eigenvalue weighted by Gasteiger charge is -2.15. The molecule has 28 heavy (non-hydrogen) atoms. The molecule has 3 N–H and O–H groups in total. The molecule has 1 aliphatic carbocycles. The first kappa shape index (κ1) is 20.0. The average molecular weight is 401 g/mol. The van der Waals surface area contributed by atoms with E-state index in [9.17, 15) is 18.0 Å². The average Bonchev–Trinajstić information content (AvgIpc) is 3.09. The van der Waals surface area contributed by atoms with Gasteiger partial charge in [0.15, 0.2) is 0 Å². The maximum atomic E-state index is 12.5. The van der Waals surface area contributed by atoms with Crippen molar-refractivity contribution in [3.63, 3.8) is 0 Å². The third-order valence-corrected chi connectivity index (χ3v) is 6.13. The number of hydrogen-bond acceptors (Lipinski definition) is 4. The number of aryl methyl sites for hydroxylation is 2. The number of benzene rings is 2. The van der Waals surface area contributed by atoms with Crippen LogP contribution in [0.5, 0.6) is 0 Å². The predicted molar refractivity (Wildman–Crippen MR) is 108 cm³/mol. The first-order valence-electron chi connectivity index (χ1n) is 9.07. The second-order valence-corrected chi connectivity index (χ2v) is 8.59. The van der Waals surface area contributed by atoms with Gasteiger partial charge in [-0.3, -0.25) is 9.59 Å². The summed E-state index contributed by atoms with van der Waals surface area (Å²) in [7, 11) is -3.88. The fraction of sp³-hybridized carbons (Fsp3) is 0.300. The van der Waals surface area contributed by atoms with E-state index in [0.29, 0.717) is 11.4 Å². The molecule has 1 atom stereocenters. The van der Waals surface area contributed by atoms with Crippen LogP contribution < -0.4 is 15.4 Å². The summed E-state index contributed by atoms with van der Waals surface area (Å²) in [6, 6.07) is 10.6. The van der Waals surface area contributed by atoms with Crippen molar-refractivity contribution in [2.45, 2.75) is 44.0 Å². The Bertz CT molecular complexity index is 1000. The molecule has 7 nitrogen and oxygen atoms in total. The minimum Gasteiger partial charge on any atom is -0.326 e. The Morgan fingerprint density at radius 3 is 2.25 bits per heavy atom. The molecule has 2 aromatic carbocycles. The van der Waals surface area contributed by atoms with Gasteiger partial charge in [-0.15, -0.1) is 0 Å². The van der Waals surface area contributed by atoms with E-state index in [4.69, 9.17) is 0 Å². The zero-order valence-electron chi connectivity index (χ0n) is 15.8. The summed E-state index contributed by atoms with van der Waals surface area (Å²) in [5, 5.41) is 5.33. The molecule has 0 heterocycles. The molecule has 0 spiro atoms. The van der Waals surface area contributed by atoms with Crippen molar-refractivity contribution in [3.8, 4) is 0 Å². The number of sulfonamides is 1. The van der Waals surface area contributed by atoms with Crippen LogP contribution in [0.2, 0.25) is 0 Å². The second kappa shape index (κ2) is 8.12. The minimum absolute atomic E-state index is 0.0128. The number of fused-ring (bicyclic) bond motifs is 1. The molecule has 0 saturated carbocycles. The van der Waals surface area contributed by atoms with Gasteiger partial charge in [0, 0.05) is 18.3 Å². The molecule has 0 bridgehead atoms. The zero-order valence-corrected chi connectivity index (χ0v) is 16.6. The van der Waals surface area contributed by atoms with Crippen molar-refractivity contribution in [1.29, 1.82) is 0 Å². The van der Waals surface area contributed by atoms with Crippen LogP contribution in [0.25, 0.3) is 0 Å². The topological polar surface area (TPSA) is 104 Å².